The van der Waals surface area contributed by atoms with Crippen molar-refractivity contribution in [3.8, 4) is 0 Å². The van der Waals surface area contributed by atoms with Crippen molar-refractivity contribution in [1.29, 1.82) is 0 Å². The molecule has 0 aliphatic heterocycles. The van der Waals surface area contributed by atoms with Gasteiger partial charge in [-0.2, -0.15) is 0 Å². The molecule has 0 spiro atoms. The molecule has 2 N–H and O–H groups in total. The van der Waals surface area contributed by atoms with Crippen molar-refractivity contribution in [2.45, 2.75) is 32.8 Å². The van der Waals surface area contributed by atoms with E-state index in [4.69, 9.17) is 0 Å². The molecule has 0 aliphatic carbocycles. The molecule has 0 bridgehead atoms. The summed E-state index contributed by atoms with van der Waals surface area (Å²) in [6.07, 6.45) is 0.833. The first kappa shape index (κ1) is 14.6. The summed E-state index contributed by atoms with van der Waals surface area (Å²) < 4.78 is 12.7. The molecule has 1 aromatic rings. The molecule has 2 atom stereocenters. The largest absolute Gasteiger partial charge is 0.388 e. The van der Waals surface area contributed by atoms with Crippen molar-refractivity contribution in [1.82, 2.24) is 5.32 Å². The highest BCUT2D eigenvalue weighted by Gasteiger charge is 2.27. The van der Waals surface area contributed by atoms with Gasteiger partial charge in [-0.3, -0.25) is 4.79 Å². The van der Waals surface area contributed by atoms with Crippen molar-refractivity contribution in [3.05, 3.63) is 35.6 Å². The lowest BCUT2D eigenvalue weighted by molar-refractivity contribution is 0.00592. The molecule has 0 aromatic heterocycles. The van der Waals surface area contributed by atoms with Crippen molar-refractivity contribution in [2.24, 2.45) is 5.92 Å². The number of carbonyl (C=O) groups excluding carboxylic acids is 1. The summed E-state index contributed by atoms with van der Waals surface area (Å²) in [5.74, 6) is -0.595. The summed E-state index contributed by atoms with van der Waals surface area (Å²) in [5.41, 5.74) is -0.555. The lowest BCUT2D eigenvalue weighted by atomic mass is 9.88. The molecule has 0 fully saturated rings. The molecule has 0 saturated carbocycles. The van der Waals surface area contributed by atoms with Crippen LogP contribution in [0.1, 0.15) is 37.6 Å². The van der Waals surface area contributed by atoms with Gasteiger partial charge in [0.05, 0.1) is 5.60 Å². The first-order chi connectivity index (χ1) is 8.36. The van der Waals surface area contributed by atoms with Crippen LogP contribution in [0.3, 0.4) is 0 Å². The standard InChI is InChI=1S/C14H20FNO2/c1-4-10(2)14(3,18)9-16-13(17)11-5-7-12(15)8-6-11/h5-8,10,18H,4,9H2,1-3H3,(H,16,17). The van der Waals surface area contributed by atoms with E-state index in [0.717, 1.165) is 6.42 Å². The summed E-state index contributed by atoms with van der Waals surface area (Å²) in [4.78, 5) is 11.8. The van der Waals surface area contributed by atoms with Crippen LogP contribution in [0.25, 0.3) is 0 Å². The number of aliphatic hydroxyl groups is 1. The fourth-order valence-electron chi connectivity index (χ4n) is 1.58. The molecular formula is C14H20FNO2. The van der Waals surface area contributed by atoms with Gasteiger partial charge in [0.25, 0.3) is 5.91 Å². The maximum atomic E-state index is 12.7. The highest BCUT2D eigenvalue weighted by molar-refractivity contribution is 5.94. The zero-order valence-electron chi connectivity index (χ0n) is 11.0. The summed E-state index contributed by atoms with van der Waals surface area (Å²) in [7, 11) is 0. The molecule has 0 saturated heterocycles. The van der Waals surface area contributed by atoms with Gasteiger partial charge < -0.3 is 10.4 Å². The Labute approximate surface area is 107 Å². The second-order valence-electron chi connectivity index (χ2n) is 4.86. The van der Waals surface area contributed by atoms with Gasteiger partial charge in [-0.05, 0) is 37.1 Å². The Hall–Kier alpha value is -1.42. The predicted molar refractivity (Wildman–Crippen MR) is 68.8 cm³/mol. The van der Waals surface area contributed by atoms with Crippen molar-refractivity contribution in [3.63, 3.8) is 0 Å². The molecule has 2 unspecified atom stereocenters. The molecule has 0 aliphatic rings. The Morgan fingerprint density at radius 1 is 1.44 bits per heavy atom. The third kappa shape index (κ3) is 3.81. The zero-order chi connectivity index (χ0) is 13.8. The van der Waals surface area contributed by atoms with Gasteiger partial charge >= 0.3 is 0 Å². The summed E-state index contributed by atoms with van der Waals surface area (Å²) in [5, 5.41) is 12.8. The number of nitrogens with one attached hydrogen (secondary N) is 1. The predicted octanol–water partition coefficient (Wildman–Crippen LogP) is 2.35. The number of carbonyl (C=O) groups is 1. The third-order valence-corrected chi connectivity index (χ3v) is 3.39. The van der Waals surface area contributed by atoms with Crippen molar-refractivity contribution >= 4 is 5.91 Å². The average molecular weight is 253 g/mol. The molecule has 0 heterocycles. The molecule has 18 heavy (non-hydrogen) atoms. The normalized spacial score (nSPS) is 15.8. The van der Waals surface area contributed by atoms with Crippen LogP contribution in [-0.4, -0.2) is 23.2 Å². The number of hydrogen-bond acceptors (Lipinski definition) is 2. The summed E-state index contributed by atoms with van der Waals surface area (Å²) in [6, 6.07) is 5.31. The van der Waals surface area contributed by atoms with Crippen LogP contribution in [0.2, 0.25) is 0 Å². The first-order valence-corrected chi connectivity index (χ1v) is 6.13. The molecule has 1 aromatic carbocycles. The van der Waals surface area contributed by atoms with Crippen LogP contribution in [0, 0.1) is 11.7 Å². The number of hydrogen-bond donors (Lipinski definition) is 2. The smallest absolute Gasteiger partial charge is 0.251 e. The summed E-state index contributed by atoms with van der Waals surface area (Å²) in [6.45, 7) is 5.80. The van der Waals surface area contributed by atoms with Crippen molar-refractivity contribution < 1.29 is 14.3 Å². The van der Waals surface area contributed by atoms with E-state index in [-0.39, 0.29) is 24.2 Å². The second-order valence-corrected chi connectivity index (χ2v) is 4.86. The minimum Gasteiger partial charge on any atom is -0.388 e. The van der Waals surface area contributed by atoms with Gasteiger partial charge in [0.1, 0.15) is 5.82 Å². The first-order valence-electron chi connectivity index (χ1n) is 6.13. The SMILES string of the molecule is CCC(C)C(C)(O)CNC(=O)c1ccc(F)cc1. The van der Waals surface area contributed by atoms with Crippen LogP contribution in [0.5, 0.6) is 0 Å². The maximum Gasteiger partial charge on any atom is 0.251 e. The van der Waals surface area contributed by atoms with E-state index in [0.29, 0.717) is 5.56 Å². The number of rotatable bonds is 5. The molecule has 1 rings (SSSR count). The lowest BCUT2D eigenvalue weighted by Gasteiger charge is -2.29. The van der Waals surface area contributed by atoms with E-state index in [1.165, 1.54) is 24.3 Å². The summed E-state index contributed by atoms with van der Waals surface area (Å²) >= 11 is 0. The van der Waals surface area contributed by atoms with Gasteiger partial charge in [-0.1, -0.05) is 20.3 Å². The molecule has 3 nitrogen and oxygen atoms in total. The molecule has 0 radical (unpaired) electrons. The van der Waals surface area contributed by atoms with Gasteiger partial charge in [-0.25, -0.2) is 4.39 Å². The van der Waals surface area contributed by atoms with E-state index >= 15 is 0 Å². The fraction of sp³-hybridized carbons (Fsp3) is 0.500. The maximum absolute atomic E-state index is 12.7. The van der Waals surface area contributed by atoms with Crippen LogP contribution in [-0.2, 0) is 0 Å². The zero-order valence-corrected chi connectivity index (χ0v) is 11.0. The van der Waals surface area contributed by atoms with Crippen LogP contribution in [0.4, 0.5) is 4.39 Å². The van der Waals surface area contributed by atoms with Gasteiger partial charge in [0, 0.05) is 12.1 Å². The molecule has 4 heteroatoms. The highest BCUT2D eigenvalue weighted by Crippen LogP contribution is 2.18. The Balaban J connectivity index is 2.58. The third-order valence-electron chi connectivity index (χ3n) is 3.39. The minimum absolute atomic E-state index is 0.0889. The van der Waals surface area contributed by atoms with E-state index in [1.807, 2.05) is 13.8 Å². The quantitative estimate of drug-likeness (QED) is 0.846. The second kappa shape index (κ2) is 5.96. The highest BCUT2D eigenvalue weighted by atomic mass is 19.1. The van der Waals surface area contributed by atoms with E-state index in [9.17, 15) is 14.3 Å². The van der Waals surface area contributed by atoms with E-state index in [2.05, 4.69) is 5.32 Å². The Morgan fingerprint density at radius 3 is 2.50 bits per heavy atom. The van der Waals surface area contributed by atoms with Crippen molar-refractivity contribution in [2.75, 3.05) is 6.54 Å². The topological polar surface area (TPSA) is 49.3 Å². The fourth-order valence-corrected chi connectivity index (χ4v) is 1.58. The number of amides is 1. The van der Waals surface area contributed by atoms with Crippen LogP contribution >= 0.6 is 0 Å². The monoisotopic (exact) mass is 253 g/mol. The molecular weight excluding hydrogens is 233 g/mol. The van der Waals surface area contributed by atoms with Gasteiger partial charge in [0.2, 0.25) is 0 Å². The number of benzene rings is 1. The molecule has 1 amide bonds. The Morgan fingerprint density at radius 2 is 2.00 bits per heavy atom. The van der Waals surface area contributed by atoms with Gasteiger partial charge in [-0.15, -0.1) is 0 Å². The average Bonchev–Trinajstić information content (AvgIpc) is 2.35. The van der Waals surface area contributed by atoms with Gasteiger partial charge in [0.15, 0.2) is 0 Å². The Bertz CT molecular complexity index is 401. The van der Waals surface area contributed by atoms with Crippen LogP contribution in [0.15, 0.2) is 24.3 Å². The molecule has 100 valence electrons. The van der Waals surface area contributed by atoms with E-state index < -0.39 is 5.60 Å². The Kier molecular flexibility index (Phi) is 4.84. The van der Waals surface area contributed by atoms with E-state index in [1.54, 1.807) is 6.92 Å². The van der Waals surface area contributed by atoms with Crippen LogP contribution < -0.4 is 5.32 Å². The number of halogens is 1. The lowest BCUT2D eigenvalue weighted by Crippen LogP contribution is -2.45. The minimum atomic E-state index is -0.940.